The molecular formula is C30H39N7S. The molecule has 0 amide bonds. The van der Waals surface area contributed by atoms with Crippen LogP contribution in [-0.4, -0.2) is 54.3 Å². The zero-order chi connectivity index (χ0) is 26.5. The summed E-state index contributed by atoms with van der Waals surface area (Å²) in [7, 11) is 0. The number of piperazine rings is 1. The molecule has 0 unspecified atom stereocenters. The second-order valence-corrected chi connectivity index (χ2v) is 11.3. The lowest BCUT2D eigenvalue weighted by Crippen LogP contribution is -2.47. The van der Waals surface area contributed by atoms with E-state index in [1.54, 1.807) is 0 Å². The number of aromatic nitrogens is 2. The smallest absolute Gasteiger partial charge is 0.232 e. The van der Waals surface area contributed by atoms with Crippen molar-refractivity contribution < 1.29 is 0 Å². The highest BCUT2D eigenvalue weighted by Gasteiger charge is 2.25. The standard InChI is InChI=1S/C30H39N7S/c1-22-9-11-25(12-10-22)19-31-30(38)34-29-32-27(18-28(33-29)37-20-23(2)17-24(3)21-37)36-15-13-35(14-16-36)26-7-5-4-6-8-26/h4-12,18,23-24H,13-17,19-21H2,1-3H3,(H2,31,32,33,34,38)/t23-,24+. The van der Waals surface area contributed by atoms with Gasteiger partial charge in [0.2, 0.25) is 5.95 Å². The number of nitrogens with zero attached hydrogens (tertiary/aromatic N) is 5. The number of anilines is 4. The molecule has 5 rings (SSSR count). The minimum atomic E-state index is 0.531. The van der Waals surface area contributed by atoms with Gasteiger partial charge in [-0.2, -0.15) is 9.97 Å². The summed E-state index contributed by atoms with van der Waals surface area (Å²) in [5, 5.41) is 7.11. The topological polar surface area (TPSA) is 59.6 Å². The van der Waals surface area contributed by atoms with Crippen LogP contribution in [0.1, 0.15) is 31.4 Å². The van der Waals surface area contributed by atoms with Gasteiger partial charge in [-0.25, -0.2) is 0 Å². The largest absolute Gasteiger partial charge is 0.368 e. The van der Waals surface area contributed by atoms with E-state index < -0.39 is 0 Å². The number of hydrogen-bond acceptors (Lipinski definition) is 6. The second kappa shape index (κ2) is 12.0. The Balaban J connectivity index is 1.31. The van der Waals surface area contributed by atoms with Crippen LogP contribution in [0, 0.1) is 18.8 Å². The van der Waals surface area contributed by atoms with Gasteiger partial charge in [-0.3, -0.25) is 0 Å². The van der Waals surface area contributed by atoms with Gasteiger partial charge in [-0.05, 0) is 55.1 Å². The molecule has 2 atom stereocenters. The number of piperidine rings is 1. The Bertz CT molecular complexity index is 1200. The van der Waals surface area contributed by atoms with E-state index in [0.29, 0.717) is 29.4 Å². The van der Waals surface area contributed by atoms with E-state index in [1.165, 1.54) is 23.2 Å². The van der Waals surface area contributed by atoms with Crippen LogP contribution in [0.25, 0.3) is 0 Å². The highest BCUT2D eigenvalue weighted by molar-refractivity contribution is 7.80. The van der Waals surface area contributed by atoms with Gasteiger partial charge in [0.25, 0.3) is 0 Å². The molecule has 2 fully saturated rings. The summed E-state index contributed by atoms with van der Waals surface area (Å²) in [6, 6.07) is 21.3. The van der Waals surface area contributed by atoms with E-state index in [2.05, 4.69) is 107 Å². The van der Waals surface area contributed by atoms with Crippen molar-refractivity contribution in [2.45, 2.75) is 33.7 Å². The van der Waals surface area contributed by atoms with Gasteiger partial charge >= 0.3 is 0 Å². The van der Waals surface area contributed by atoms with Crippen molar-refractivity contribution in [2.24, 2.45) is 11.8 Å². The summed E-state index contributed by atoms with van der Waals surface area (Å²) in [6.07, 6.45) is 1.26. The van der Waals surface area contributed by atoms with Gasteiger partial charge < -0.3 is 25.3 Å². The second-order valence-electron chi connectivity index (χ2n) is 10.9. The monoisotopic (exact) mass is 529 g/mol. The van der Waals surface area contributed by atoms with Crippen molar-refractivity contribution >= 4 is 40.6 Å². The number of nitrogens with one attached hydrogen (secondary N) is 2. The maximum atomic E-state index is 5.63. The summed E-state index contributed by atoms with van der Waals surface area (Å²) < 4.78 is 0. The van der Waals surface area contributed by atoms with E-state index in [0.717, 1.165) is 50.9 Å². The van der Waals surface area contributed by atoms with E-state index in [1.807, 2.05) is 0 Å². The quantitative estimate of drug-likeness (QED) is 0.429. The van der Waals surface area contributed by atoms with Crippen LogP contribution in [0.4, 0.5) is 23.3 Å². The van der Waals surface area contributed by atoms with Gasteiger partial charge in [0, 0.05) is 57.6 Å². The van der Waals surface area contributed by atoms with Crippen molar-refractivity contribution in [3.63, 3.8) is 0 Å². The van der Waals surface area contributed by atoms with Crippen molar-refractivity contribution in [2.75, 3.05) is 59.3 Å². The zero-order valence-electron chi connectivity index (χ0n) is 22.7. The van der Waals surface area contributed by atoms with Gasteiger partial charge in [0.05, 0.1) is 0 Å². The van der Waals surface area contributed by atoms with Crippen molar-refractivity contribution in [1.29, 1.82) is 0 Å². The molecule has 2 N–H and O–H groups in total. The summed E-state index contributed by atoms with van der Waals surface area (Å²) >= 11 is 5.63. The number of benzene rings is 2. The first-order valence-corrected chi connectivity index (χ1v) is 14.1. The molecule has 0 spiro atoms. The Kier molecular flexibility index (Phi) is 8.27. The SMILES string of the molecule is Cc1ccc(CNC(=S)Nc2nc(N3CCN(c4ccccc4)CC3)cc(N3C[C@H](C)C[C@H](C)C3)n2)cc1. The van der Waals surface area contributed by atoms with E-state index in [4.69, 9.17) is 22.2 Å². The normalized spacial score (nSPS) is 19.8. The van der Waals surface area contributed by atoms with Crippen LogP contribution in [0.5, 0.6) is 0 Å². The summed E-state index contributed by atoms with van der Waals surface area (Å²) in [6.45, 7) is 13.2. The molecular weight excluding hydrogens is 490 g/mol. The first kappa shape index (κ1) is 26.2. The van der Waals surface area contributed by atoms with Crippen LogP contribution in [-0.2, 0) is 6.54 Å². The number of rotatable bonds is 6. The lowest BCUT2D eigenvalue weighted by atomic mass is 9.92. The molecule has 3 heterocycles. The lowest BCUT2D eigenvalue weighted by Gasteiger charge is -2.38. The Morgan fingerprint density at radius 2 is 1.45 bits per heavy atom. The molecule has 7 nitrogen and oxygen atoms in total. The fourth-order valence-corrected chi connectivity index (χ4v) is 5.68. The maximum Gasteiger partial charge on any atom is 0.232 e. The van der Waals surface area contributed by atoms with Crippen molar-refractivity contribution in [3.8, 4) is 0 Å². The number of thiocarbonyl (C=S) groups is 1. The lowest BCUT2D eigenvalue weighted by molar-refractivity contribution is 0.355. The Hall–Kier alpha value is -3.39. The van der Waals surface area contributed by atoms with Gasteiger partial charge in [0.15, 0.2) is 5.11 Å². The van der Waals surface area contributed by atoms with E-state index in [-0.39, 0.29) is 0 Å². The minimum Gasteiger partial charge on any atom is -0.368 e. The molecule has 2 aliphatic rings. The molecule has 3 aromatic rings. The molecule has 38 heavy (non-hydrogen) atoms. The molecule has 2 aliphatic heterocycles. The van der Waals surface area contributed by atoms with Crippen molar-refractivity contribution in [1.82, 2.24) is 15.3 Å². The van der Waals surface area contributed by atoms with Gasteiger partial charge in [0.1, 0.15) is 11.6 Å². The molecule has 2 saturated heterocycles. The van der Waals surface area contributed by atoms with Gasteiger partial charge in [-0.15, -0.1) is 0 Å². The zero-order valence-corrected chi connectivity index (χ0v) is 23.5. The average Bonchev–Trinajstić information content (AvgIpc) is 2.93. The van der Waals surface area contributed by atoms with Crippen LogP contribution in [0.15, 0.2) is 60.7 Å². The van der Waals surface area contributed by atoms with Crippen LogP contribution in [0.3, 0.4) is 0 Å². The molecule has 0 radical (unpaired) electrons. The van der Waals surface area contributed by atoms with Crippen molar-refractivity contribution in [3.05, 3.63) is 71.8 Å². The summed E-state index contributed by atoms with van der Waals surface area (Å²) in [4.78, 5) is 17.1. The van der Waals surface area contributed by atoms with Crippen LogP contribution < -0.4 is 25.3 Å². The molecule has 8 heteroatoms. The Morgan fingerprint density at radius 1 is 0.842 bits per heavy atom. The molecule has 2 aromatic carbocycles. The highest BCUT2D eigenvalue weighted by Crippen LogP contribution is 2.29. The molecule has 0 aliphatic carbocycles. The van der Waals surface area contributed by atoms with Gasteiger partial charge in [-0.1, -0.05) is 61.9 Å². The third-order valence-electron chi connectivity index (χ3n) is 7.42. The van der Waals surface area contributed by atoms with Crippen LogP contribution in [0.2, 0.25) is 0 Å². The average molecular weight is 530 g/mol. The predicted molar refractivity (Wildman–Crippen MR) is 162 cm³/mol. The van der Waals surface area contributed by atoms with Crippen LogP contribution >= 0.6 is 12.2 Å². The molecule has 0 saturated carbocycles. The molecule has 200 valence electrons. The third-order valence-corrected chi connectivity index (χ3v) is 7.66. The Labute approximate surface area is 232 Å². The first-order valence-electron chi connectivity index (χ1n) is 13.7. The fourth-order valence-electron chi connectivity index (χ4n) is 5.52. The third kappa shape index (κ3) is 6.72. The van der Waals surface area contributed by atoms with E-state index >= 15 is 0 Å². The number of hydrogen-bond donors (Lipinski definition) is 2. The first-order chi connectivity index (χ1) is 18.4. The molecule has 1 aromatic heterocycles. The summed E-state index contributed by atoms with van der Waals surface area (Å²) in [5.74, 6) is 3.76. The summed E-state index contributed by atoms with van der Waals surface area (Å²) in [5.41, 5.74) is 3.71. The minimum absolute atomic E-state index is 0.531. The highest BCUT2D eigenvalue weighted by atomic mass is 32.1. The Morgan fingerprint density at radius 3 is 2.11 bits per heavy atom. The maximum absolute atomic E-state index is 5.63. The predicted octanol–water partition coefficient (Wildman–Crippen LogP) is 5.08. The number of para-hydroxylation sites is 1. The number of aryl methyl sites for hydroxylation is 1. The fraction of sp³-hybridized carbons (Fsp3) is 0.433. The molecule has 0 bridgehead atoms. The van der Waals surface area contributed by atoms with E-state index in [9.17, 15) is 0 Å².